The fourth-order valence-electron chi connectivity index (χ4n) is 4.13. The van der Waals surface area contributed by atoms with E-state index >= 15 is 0 Å². The molecule has 2 atom stereocenters. The zero-order chi connectivity index (χ0) is 19.4. The zero-order valence-corrected chi connectivity index (χ0v) is 16.0. The minimum Gasteiger partial charge on any atom is -0.496 e. The third-order valence-electron chi connectivity index (χ3n) is 5.53. The van der Waals surface area contributed by atoms with Gasteiger partial charge in [-0.25, -0.2) is 0 Å². The normalized spacial score (nSPS) is 22.7. The van der Waals surface area contributed by atoms with Gasteiger partial charge in [-0.1, -0.05) is 26.0 Å². The molecule has 144 valence electrons. The van der Waals surface area contributed by atoms with E-state index in [-0.39, 0.29) is 23.1 Å². The summed E-state index contributed by atoms with van der Waals surface area (Å²) < 4.78 is 47.5. The van der Waals surface area contributed by atoms with Gasteiger partial charge in [0.25, 0.3) is 0 Å². The average molecular weight is 395 g/mol. The molecule has 0 amide bonds. The van der Waals surface area contributed by atoms with Crippen LogP contribution in [0.2, 0.25) is 0 Å². The van der Waals surface area contributed by atoms with Crippen molar-refractivity contribution < 1.29 is 22.6 Å². The second-order valence-corrected chi connectivity index (χ2v) is 8.43. The highest BCUT2D eigenvalue weighted by Gasteiger charge is 2.46. The maximum absolute atomic E-state index is 12.6. The quantitative estimate of drug-likeness (QED) is 0.700. The number of hydrogen-bond donors (Lipinski definition) is 1. The van der Waals surface area contributed by atoms with Crippen LogP contribution in [0, 0.1) is 5.92 Å². The number of methoxy groups -OCH3 is 1. The van der Waals surface area contributed by atoms with Crippen LogP contribution in [0.3, 0.4) is 0 Å². The third kappa shape index (κ3) is 3.12. The van der Waals surface area contributed by atoms with Crippen molar-refractivity contribution in [2.75, 3.05) is 18.2 Å². The van der Waals surface area contributed by atoms with Gasteiger partial charge in [0.1, 0.15) is 11.5 Å². The van der Waals surface area contributed by atoms with Gasteiger partial charge in [0.05, 0.1) is 18.0 Å². The molecular formula is C20H20F3NO2S. The maximum Gasteiger partial charge on any atom is 0.573 e. The first-order chi connectivity index (χ1) is 12.7. The Morgan fingerprint density at radius 2 is 1.96 bits per heavy atom. The lowest BCUT2D eigenvalue weighted by atomic mass is 9.66. The smallest absolute Gasteiger partial charge is 0.496 e. The van der Waals surface area contributed by atoms with Crippen LogP contribution < -0.4 is 14.8 Å². The lowest BCUT2D eigenvalue weighted by Crippen LogP contribution is -2.44. The predicted molar refractivity (Wildman–Crippen MR) is 99.7 cm³/mol. The Kier molecular flexibility index (Phi) is 4.25. The highest BCUT2D eigenvalue weighted by Crippen LogP contribution is 2.56. The number of fused-ring (bicyclic) bond motifs is 4. The summed E-state index contributed by atoms with van der Waals surface area (Å²) in [7, 11) is 1.66. The Balaban J connectivity index is 1.77. The molecule has 0 saturated heterocycles. The van der Waals surface area contributed by atoms with Crippen LogP contribution in [0.4, 0.5) is 18.9 Å². The molecule has 0 spiro atoms. The topological polar surface area (TPSA) is 30.5 Å². The summed E-state index contributed by atoms with van der Waals surface area (Å²) in [6.07, 6.45) is -4.70. The molecule has 2 aromatic rings. The molecule has 4 rings (SSSR count). The highest BCUT2D eigenvalue weighted by atomic mass is 32.2. The van der Waals surface area contributed by atoms with E-state index in [0.29, 0.717) is 0 Å². The van der Waals surface area contributed by atoms with Gasteiger partial charge in [0, 0.05) is 17.4 Å². The number of halogens is 3. The van der Waals surface area contributed by atoms with Gasteiger partial charge < -0.3 is 14.8 Å². The zero-order valence-electron chi connectivity index (χ0n) is 15.2. The van der Waals surface area contributed by atoms with Crippen LogP contribution >= 0.6 is 11.8 Å². The molecule has 0 aliphatic carbocycles. The van der Waals surface area contributed by atoms with Crippen LogP contribution in [0.5, 0.6) is 11.5 Å². The van der Waals surface area contributed by atoms with E-state index in [2.05, 4.69) is 30.0 Å². The Hall–Kier alpha value is -2.02. The summed E-state index contributed by atoms with van der Waals surface area (Å²) in [5, 5.41) is 3.55. The number of anilines is 1. The first-order valence-corrected chi connectivity index (χ1v) is 9.66. The Bertz CT molecular complexity index is 882. The highest BCUT2D eigenvalue weighted by molar-refractivity contribution is 7.99. The van der Waals surface area contributed by atoms with Crippen molar-refractivity contribution in [3.8, 4) is 11.5 Å². The Morgan fingerprint density at radius 1 is 1.19 bits per heavy atom. The monoisotopic (exact) mass is 395 g/mol. The van der Waals surface area contributed by atoms with Crippen molar-refractivity contribution >= 4 is 17.4 Å². The van der Waals surface area contributed by atoms with Gasteiger partial charge in [0.15, 0.2) is 0 Å². The second-order valence-electron chi connectivity index (χ2n) is 7.40. The lowest BCUT2D eigenvalue weighted by molar-refractivity contribution is -0.274. The largest absolute Gasteiger partial charge is 0.573 e. The van der Waals surface area contributed by atoms with E-state index < -0.39 is 6.36 Å². The van der Waals surface area contributed by atoms with Crippen molar-refractivity contribution in [3.63, 3.8) is 0 Å². The summed E-state index contributed by atoms with van der Waals surface area (Å²) in [5.41, 5.74) is 2.54. The average Bonchev–Trinajstić information content (AvgIpc) is 2.60. The number of hydrogen-bond acceptors (Lipinski definition) is 4. The van der Waals surface area contributed by atoms with Crippen molar-refractivity contribution in [2.45, 2.75) is 36.6 Å². The second kappa shape index (κ2) is 6.26. The van der Waals surface area contributed by atoms with E-state index in [1.54, 1.807) is 24.9 Å². The molecule has 7 heteroatoms. The molecular weight excluding hydrogens is 375 g/mol. The molecule has 1 N–H and O–H groups in total. The lowest BCUT2D eigenvalue weighted by Gasteiger charge is -2.49. The Labute approximate surface area is 160 Å². The first kappa shape index (κ1) is 18.3. The van der Waals surface area contributed by atoms with E-state index in [9.17, 15) is 13.2 Å². The number of ether oxygens (including phenoxy) is 2. The van der Waals surface area contributed by atoms with Gasteiger partial charge in [-0.3, -0.25) is 0 Å². The predicted octanol–water partition coefficient (Wildman–Crippen LogP) is 5.76. The van der Waals surface area contributed by atoms with Gasteiger partial charge in [-0.05, 0) is 40.8 Å². The minimum atomic E-state index is -4.70. The standard InChI is InChI=1S/C20H20F3NO2S/c1-19(2)13-9-11(26-20(21,22)23)7-8-15(13)24-17-12-5-4-6-16(25-3)18(12)27-10-14(17)19/h4-9,14,17,24H,10H2,1-3H3/t14-,17+/m1/s1. The SMILES string of the molecule is COc1cccc2c1SC[C@@H]1[C@H]2Nc2ccc(OC(F)(F)F)cc2C1(C)C. The van der Waals surface area contributed by atoms with E-state index in [1.807, 2.05) is 12.1 Å². The molecule has 0 fully saturated rings. The summed E-state index contributed by atoms with van der Waals surface area (Å²) in [6.45, 7) is 4.18. The third-order valence-corrected chi connectivity index (χ3v) is 6.78. The molecule has 2 heterocycles. The first-order valence-electron chi connectivity index (χ1n) is 8.67. The molecule has 3 nitrogen and oxygen atoms in total. The van der Waals surface area contributed by atoms with Crippen LogP contribution in [-0.2, 0) is 5.41 Å². The van der Waals surface area contributed by atoms with Crippen molar-refractivity contribution in [3.05, 3.63) is 47.5 Å². The van der Waals surface area contributed by atoms with Crippen LogP contribution in [0.15, 0.2) is 41.3 Å². The summed E-state index contributed by atoms with van der Waals surface area (Å²) >= 11 is 1.74. The molecule has 27 heavy (non-hydrogen) atoms. The molecule has 2 aliphatic heterocycles. The molecule has 0 aromatic heterocycles. The molecule has 2 aromatic carbocycles. The number of alkyl halides is 3. The van der Waals surface area contributed by atoms with Gasteiger partial charge in [-0.15, -0.1) is 24.9 Å². The minimum absolute atomic E-state index is 0.0771. The Morgan fingerprint density at radius 3 is 2.67 bits per heavy atom. The van der Waals surface area contributed by atoms with Crippen LogP contribution in [0.1, 0.15) is 31.0 Å². The van der Waals surface area contributed by atoms with Gasteiger partial charge in [-0.2, -0.15) is 0 Å². The van der Waals surface area contributed by atoms with E-state index in [4.69, 9.17) is 4.74 Å². The van der Waals surface area contributed by atoms with Crippen molar-refractivity contribution in [1.29, 1.82) is 0 Å². The molecule has 0 radical (unpaired) electrons. The number of nitrogens with one attached hydrogen (secondary N) is 1. The molecule has 2 aliphatic rings. The van der Waals surface area contributed by atoms with Crippen molar-refractivity contribution in [1.82, 2.24) is 0 Å². The summed E-state index contributed by atoms with van der Waals surface area (Å²) in [6, 6.07) is 10.7. The van der Waals surface area contributed by atoms with E-state index in [1.165, 1.54) is 17.7 Å². The number of thioether (sulfide) groups is 1. The fraction of sp³-hybridized carbons (Fsp3) is 0.400. The summed E-state index contributed by atoms with van der Waals surface area (Å²) in [4.78, 5) is 1.13. The fourth-order valence-corrected chi connectivity index (χ4v) is 5.74. The molecule has 0 bridgehead atoms. The number of benzene rings is 2. The van der Waals surface area contributed by atoms with Crippen LogP contribution in [-0.4, -0.2) is 19.2 Å². The number of rotatable bonds is 2. The van der Waals surface area contributed by atoms with Gasteiger partial charge >= 0.3 is 6.36 Å². The molecule has 0 unspecified atom stereocenters. The van der Waals surface area contributed by atoms with Crippen molar-refractivity contribution in [2.24, 2.45) is 5.92 Å². The van der Waals surface area contributed by atoms with E-state index in [0.717, 1.165) is 27.6 Å². The van der Waals surface area contributed by atoms with Gasteiger partial charge in [0.2, 0.25) is 0 Å². The molecule has 0 saturated carbocycles. The maximum atomic E-state index is 12.6. The summed E-state index contributed by atoms with van der Waals surface area (Å²) in [5.74, 6) is 1.74. The van der Waals surface area contributed by atoms with Crippen LogP contribution in [0.25, 0.3) is 0 Å².